The zero-order valence-electron chi connectivity index (χ0n) is 17.0. The van der Waals surface area contributed by atoms with Gasteiger partial charge in [-0.3, -0.25) is 4.68 Å². The van der Waals surface area contributed by atoms with Gasteiger partial charge in [0.1, 0.15) is 29.0 Å². The molecule has 0 aromatic carbocycles. The van der Waals surface area contributed by atoms with Gasteiger partial charge in [0.15, 0.2) is 0 Å². The van der Waals surface area contributed by atoms with Gasteiger partial charge >= 0.3 is 0 Å². The summed E-state index contributed by atoms with van der Waals surface area (Å²) in [6, 6.07) is 9.72. The van der Waals surface area contributed by atoms with Crippen molar-refractivity contribution in [2.45, 2.75) is 18.9 Å². The van der Waals surface area contributed by atoms with Gasteiger partial charge in [0.05, 0.1) is 36.0 Å². The van der Waals surface area contributed by atoms with E-state index in [0.717, 1.165) is 47.6 Å². The molecule has 1 N–H and O–H groups in total. The fourth-order valence-electron chi connectivity index (χ4n) is 4.31. The first-order chi connectivity index (χ1) is 15.7. The number of nitrogens with one attached hydrogen (secondary N) is 1. The van der Waals surface area contributed by atoms with Crippen LogP contribution in [0.4, 0.5) is 5.82 Å². The highest BCUT2D eigenvalue weighted by atomic mass is 35.5. The van der Waals surface area contributed by atoms with E-state index in [-0.39, 0.29) is 17.1 Å². The Bertz CT molecular complexity index is 1360. The van der Waals surface area contributed by atoms with E-state index in [1.807, 2.05) is 35.3 Å². The normalized spacial score (nSPS) is 16.7. The second kappa shape index (κ2) is 8.29. The predicted molar refractivity (Wildman–Crippen MR) is 119 cm³/mol. The quantitative estimate of drug-likeness (QED) is 0.466. The highest BCUT2D eigenvalue weighted by molar-refractivity contribution is 6.30. The zero-order valence-corrected chi connectivity index (χ0v) is 17.7. The molecule has 0 amide bonds. The maximum absolute atomic E-state index is 9.48. The Labute approximate surface area is 188 Å². The number of aromatic nitrogens is 6. The largest absolute Gasteiger partial charge is 0.356 e. The fraction of sp³-hybridized carbons (Fsp3) is 0.273. The second-order valence-electron chi connectivity index (χ2n) is 7.72. The molecule has 0 aliphatic carbocycles. The number of nitriles is 2. The van der Waals surface area contributed by atoms with Gasteiger partial charge in [0.25, 0.3) is 0 Å². The summed E-state index contributed by atoms with van der Waals surface area (Å²) in [6.45, 7) is 1.53. The highest BCUT2D eigenvalue weighted by Gasteiger charge is 2.32. The summed E-state index contributed by atoms with van der Waals surface area (Å²) in [5.41, 5.74) is 2.83. The summed E-state index contributed by atoms with van der Waals surface area (Å²) in [5.74, 6) is 0.959. The number of hydrogen-bond acceptors (Lipinski definition) is 7. The van der Waals surface area contributed by atoms with E-state index in [1.165, 1.54) is 6.33 Å². The monoisotopic (exact) mass is 443 g/mol. The highest BCUT2D eigenvalue weighted by Crippen LogP contribution is 2.34. The van der Waals surface area contributed by atoms with Crippen LogP contribution in [0, 0.1) is 28.6 Å². The molecular weight excluding hydrogens is 426 g/mol. The minimum atomic E-state index is -0.0730. The number of H-pyrrole nitrogens is 1. The predicted octanol–water partition coefficient (Wildman–Crippen LogP) is 3.72. The van der Waals surface area contributed by atoms with Gasteiger partial charge in [0, 0.05) is 42.4 Å². The number of anilines is 1. The van der Waals surface area contributed by atoms with Gasteiger partial charge in [-0.2, -0.15) is 15.6 Å². The molecule has 32 heavy (non-hydrogen) atoms. The summed E-state index contributed by atoms with van der Waals surface area (Å²) in [6.07, 6.45) is 8.36. The van der Waals surface area contributed by atoms with Crippen molar-refractivity contribution in [1.82, 2.24) is 29.7 Å². The maximum atomic E-state index is 9.48. The number of halogens is 1. The molecule has 0 spiro atoms. The second-order valence-corrected chi connectivity index (χ2v) is 8.07. The molecule has 5 heterocycles. The molecule has 1 fully saturated rings. The molecular formula is C22H18ClN9. The number of pyridine rings is 1. The van der Waals surface area contributed by atoms with Crippen LogP contribution in [0.5, 0.6) is 0 Å². The van der Waals surface area contributed by atoms with Crippen molar-refractivity contribution in [3.05, 3.63) is 53.8 Å². The number of nitrogens with zero attached hydrogens (tertiary/aromatic N) is 8. The third-order valence-electron chi connectivity index (χ3n) is 5.92. The summed E-state index contributed by atoms with van der Waals surface area (Å²) in [7, 11) is 0. The fourth-order valence-corrected chi connectivity index (χ4v) is 4.50. The van der Waals surface area contributed by atoms with Crippen molar-refractivity contribution in [3.8, 4) is 23.4 Å². The van der Waals surface area contributed by atoms with E-state index in [4.69, 9.17) is 16.9 Å². The molecule has 0 unspecified atom stereocenters. The van der Waals surface area contributed by atoms with Crippen LogP contribution in [0.15, 0.2) is 43.1 Å². The first-order valence-electron chi connectivity index (χ1n) is 10.2. The van der Waals surface area contributed by atoms with Gasteiger partial charge in [-0.1, -0.05) is 11.6 Å². The summed E-state index contributed by atoms with van der Waals surface area (Å²) < 4.78 is 1.88. The van der Waals surface area contributed by atoms with Crippen LogP contribution in [-0.2, 0) is 0 Å². The molecule has 1 saturated heterocycles. The lowest BCUT2D eigenvalue weighted by atomic mass is 9.96. The maximum Gasteiger partial charge on any atom is 0.149 e. The van der Waals surface area contributed by atoms with Crippen LogP contribution in [0.25, 0.3) is 22.3 Å². The topological polar surface area (TPSA) is 123 Å². The molecule has 1 aliphatic rings. The van der Waals surface area contributed by atoms with Crippen molar-refractivity contribution in [2.24, 2.45) is 5.92 Å². The van der Waals surface area contributed by atoms with Gasteiger partial charge in [-0.15, -0.1) is 0 Å². The molecule has 10 heteroatoms. The Kier molecular flexibility index (Phi) is 5.18. The van der Waals surface area contributed by atoms with Crippen molar-refractivity contribution < 1.29 is 0 Å². The van der Waals surface area contributed by atoms with Gasteiger partial charge in [-0.25, -0.2) is 15.0 Å². The van der Waals surface area contributed by atoms with E-state index in [0.29, 0.717) is 12.0 Å². The molecule has 9 nitrogen and oxygen atoms in total. The first kappa shape index (κ1) is 20.0. The van der Waals surface area contributed by atoms with E-state index in [9.17, 15) is 5.26 Å². The van der Waals surface area contributed by atoms with Crippen LogP contribution in [0.2, 0.25) is 5.15 Å². The molecule has 2 atom stereocenters. The van der Waals surface area contributed by atoms with E-state index in [1.54, 1.807) is 12.3 Å². The van der Waals surface area contributed by atoms with Gasteiger partial charge in [0.2, 0.25) is 0 Å². The lowest BCUT2D eigenvalue weighted by Crippen LogP contribution is -2.25. The molecule has 4 aromatic rings. The smallest absolute Gasteiger partial charge is 0.149 e. The van der Waals surface area contributed by atoms with Crippen LogP contribution in [0.1, 0.15) is 24.4 Å². The number of hydrogen-bond donors (Lipinski definition) is 1. The average molecular weight is 444 g/mol. The lowest BCUT2D eigenvalue weighted by Gasteiger charge is -2.23. The molecule has 0 saturated carbocycles. The van der Waals surface area contributed by atoms with Crippen LogP contribution in [0.3, 0.4) is 0 Å². The van der Waals surface area contributed by atoms with Crippen LogP contribution < -0.4 is 4.90 Å². The summed E-state index contributed by atoms with van der Waals surface area (Å²) in [4.78, 5) is 18.3. The number of rotatable bonds is 5. The first-order valence-corrected chi connectivity index (χ1v) is 10.6. The Morgan fingerprint density at radius 1 is 1.25 bits per heavy atom. The molecule has 158 valence electrons. The Morgan fingerprint density at radius 2 is 2.16 bits per heavy atom. The van der Waals surface area contributed by atoms with E-state index in [2.05, 4.69) is 36.0 Å². The molecule has 0 bridgehead atoms. The standard InChI is InChI=1S/C22H18ClN9/c23-21-14(9-25)1-2-19(30-21)31-8-5-15(11-31)18(3-6-24)32-12-16(10-29-32)20-17-4-7-26-22(17)28-13-27-20/h1-2,4,7,10,12-13,15,18H,3,5,8,11H2,(H,26,27,28)/t15-,18-/m0/s1. The van der Waals surface area contributed by atoms with Gasteiger partial charge in [-0.05, 0) is 24.6 Å². The Balaban J connectivity index is 1.39. The Hall–Kier alpha value is -3.95. The number of aromatic amines is 1. The Morgan fingerprint density at radius 3 is 2.97 bits per heavy atom. The number of fused-ring (bicyclic) bond motifs is 1. The van der Waals surface area contributed by atoms with Crippen LogP contribution >= 0.6 is 11.6 Å². The minimum Gasteiger partial charge on any atom is -0.356 e. The van der Waals surface area contributed by atoms with Crippen molar-refractivity contribution in [3.63, 3.8) is 0 Å². The van der Waals surface area contributed by atoms with E-state index >= 15 is 0 Å². The molecule has 1 aliphatic heterocycles. The SMILES string of the molecule is N#CC[C@@H]([C@H]1CCN(c2ccc(C#N)c(Cl)n2)C1)n1cc(-c2ncnc3[nH]ccc23)cn1. The van der Waals surface area contributed by atoms with E-state index < -0.39 is 0 Å². The van der Waals surface area contributed by atoms with Crippen molar-refractivity contribution in [2.75, 3.05) is 18.0 Å². The van der Waals surface area contributed by atoms with Crippen LogP contribution in [-0.4, -0.2) is 42.8 Å². The third-order valence-corrected chi connectivity index (χ3v) is 6.20. The molecule has 5 rings (SSSR count). The molecule has 0 radical (unpaired) electrons. The average Bonchev–Trinajstić information content (AvgIpc) is 3.58. The lowest BCUT2D eigenvalue weighted by molar-refractivity contribution is 0.332. The summed E-state index contributed by atoms with van der Waals surface area (Å²) >= 11 is 6.12. The minimum absolute atomic E-state index is 0.0730. The third kappa shape index (κ3) is 3.53. The zero-order chi connectivity index (χ0) is 22.1. The van der Waals surface area contributed by atoms with Gasteiger partial charge < -0.3 is 9.88 Å². The summed E-state index contributed by atoms with van der Waals surface area (Å²) in [5, 5.41) is 24.3. The van der Waals surface area contributed by atoms with Crippen molar-refractivity contribution >= 4 is 28.5 Å². The van der Waals surface area contributed by atoms with Crippen molar-refractivity contribution in [1.29, 1.82) is 10.5 Å². The molecule has 4 aromatic heterocycles.